The van der Waals surface area contributed by atoms with Crippen LogP contribution in [0.1, 0.15) is 29.3 Å². The Morgan fingerprint density at radius 2 is 1.96 bits per heavy atom. The summed E-state index contributed by atoms with van der Waals surface area (Å²) in [5, 5.41) is 4.96. The molecule has 2 aromatic heterocycles. The predicted molar refractivity (Wildman–Crippen MR) is 96.1 cm³/mol. The van der Waals surface area contributed by atoms with Gasteiger partial charge in [0, 0.05) is 19.2 Å². The highest BCUT2D eigenvalue weighted by Gasteiger charge is 2.19. The standard InChI is InChI=1S/C16H18N4O2S.ClH/c1-9-13(23-16(18-9)10(2)21-3)15-19-14(20-22-15)12-6-4-11(8-17)5-7-12;/h4-7,10H,8,17H2,1-3H3;1H. The number of aromatic nitrogens is 3. The van der Waals surface area contributed by atoms with Crippen LogP contribution in [0.15, 0.2) is 28.8 Å². The second-order valence-corrected chi connectivity index (χ2v) is 6.20. The molecule has 1 aromatic carbocycles. The van der Waals surface area contributed by atoms with Gasteiger partial charge in [-0.05, 0) is 19.4 Å². The third kappa shape index (κ3) is 3.64. The molecule has 8 heteroatoms. The van der Waals surface area contributed by atoms with Crippen LogP contribution in [0.5, 0.6) is 0 Å². The molecule has 0 amide bonds. The Labute approximate surface area is 150 Å². The van der Waals surface area contributed by atoms with Gasteiger partial charge < -0.3 is 15.0 Å². The Balaban J connectivity index is 0.00000208. The lowest BCUT2D eigenvalue weighted by atomic mass is 10.1. The molecule has 3 rings (SSSR count). The Morgan fingerprint density at radius 1 is 1.25 bits per heavy atom. The van der Waals surface area contributed by atoms with Crippen molar-refractivity contribution in [2.24, 2.45) is 5.73 Å². The van der Waals surface area contributed by atoms with Crippen molar-refractivity contribution in [3.8, 4) is 22.2 Å². The van der Waals surface area contributed by atoms with Crippen molar-refractivity contribution >= 4 is 23.7 Å². The maximum Gasteiger partial charge on any atom is 0.270 e. The van der Waals surface area contributed by atoms with Gasteiger partial charge in [0.25, 0.3) is 5.89 Å². The van der Waals surface area contributed by atoms with Crippen molar-refractivity contribution in [2.45, 2.75) is 26.5 Å². The fourth-order valence-corrected chi connectivity index (χ4v) is 3.13. The van der Waals surface area contributed by atoms with E-state index < -0.39 is 0 Å². The number of rotatable bonds is 5. The molecule has 1 atom stereocenters. The first-order valence-electron chi connectivity index (χ1n) is 7.26. The van der Waals surface area contributed by atoms with Crippen molar-refractivity contribution in [3.05, 3.63) is 40.5 Å². The van der Waals surface area contributed by atoms with Crippen LogP contribution in [-0.4, -0.2) is 22.2 Å². The Hall–Kier alpha value is -1.80. The highest BCUT2D eigenvalue weighted by molar-refractivity contribution is 7.15. The average molecular weight is 367 g/mol. The Bertz CT molecular complexity index is 801. The summed E-state index contributed by atoms with van der Waals surface area (Å²) in [6.45, 7) is 4.40. The molecule has 6 nitrogen and oxygen atoms in total. The van der Waals surface area contributed by atoms with Crippen LogP contribution >= 0.6 is 23.7 Å². The van der Waals surface area contributed by atoms with Gasteiger partial charge in [-0.3, -0.25) is 0 Å². The van der Waals surface area contributed by atoms with E-state index in [0.717, 1.165) is 26.7 Å². The zero-order valence-corrected chi connectivity index (χ0v) is 15.3. The molecule has 0 fully saturated rings. The largest absolute Gasteiger partial charge is 0.375 e. The molecule has 0 aliphatic rings. The first kappa shape index (κ1) is 18.5. The summed E-state index contributed by atoms with van der Waals surface area (Å²) >= 11 is 1.51. The summed E-state index contributed by atoms with van der Waals surface area (Å²) in [4.78, 5) is 9.88. The number of thiazole rings is 1. The summed E-state index contributed by atoms with van der Waals surface area (Å²) in [5.41, 5.74) is 8.43. The quantitative estimate of drug-likeness (QED) is 0.739. The third-order valence-electron chi connectivity index (χ3n) is 3.58. The van der Waals surface area contributed by atoms with Crippen LogP contribution in [0.3, 0.4) is 0 Å². The van der Waals surface area contributed by atoms with Crippen LogP contribution in [0, 0.1) is 6.92 Å². The molecule has 0 aliphatic heterocycles. The molecule has 2 heterocycles. The minimum Gasteiger partial charge on any atom is -0.375 e. The summed E-state index contributed by atoms with van der Waals surface area (Å²) in [6.07, 6.45) is -0.0568. The lowest BCUT2D eigenvalue weighted by molar-refractivity contribution is 0.119. The van der Waals surface area contributed by atoms with E-state index in [2.05, 4.69) is 15.1 Å². The number of nitrogens with zero attached hydrogens (tertiary/aromatic N) is 3. The van der Waals surface area contributed by atoms with Crippen LogP contribution in [-0.2, 0) is 11.3 Å². The first-order valence-corrected chi connectivity index (χ1v) is 8.07. The number of hydrogen-bond donors (Lipinski definition) is 1. The number of halogens is 1. The van der Waals surface area contributed by atoms with E-state index in [1.54, 1.807) is 7.11 Å². The molecule has 0 saturated carbocycles. The van der Waals surface area contributed by atoms with E-state index in [4.69, 9.17) is 15.0 Å². The zero-order valence-electron chi connectivity index (χ0n) is 13.6. The topological polar surface area (TPSA) is 87.1 Å². The van der Waals surface area contributed by atoms with Gasteiger partial charge in [-0.15, -0.1) is 23.7 Å². The number of benzene rings is 1. The van der Waals surface area contributed by atoms with Gasteiger partial charge in [0.15, 0.2) is 0 Å². The average Bonchev–Trinajstić information content (AvgIpc) is 3.21. The van der Waals surface area contributed by atoms with Crippen LogP contribution in [0.2, 0.25) is 0 Å². The molecule has 0 spiro atoms. The fraction of sp³-hybridized carbons (Fsp3) is 0.312. The van der Waals surface area contributed by atoms with Gasteiger partial charge in [-0.25, -0.2) is 4.98 Å². The first-order chi connectivity index (χ1) is 11.1. The summed E-state index contributed by atoms with van der Waals surface area (Å²) in [5.74, 6) is 1.03. The van der Waals surface area contributed by atoms with Gasteiger partial charge >= 0.3 is 0 Å². The zero-order chi connectivity index (χ0) is 16.4. The molecule has 2 N–H and O–H groups in total. The maximum atomic E-state index is 5.61. The van der Waals surface area contributed by atoms with E-state index >= 15 is 0 Å². The van der Waals surface area contributed by atoms with Gasteiger partial charge in [-0.1, -0.05) is 29.4 Å². The number of hydrogen-bond acceptors (Lipinski definition) is 7. The normalized spacial score (nSPS) is 12.0. The van der Waals surface area contributed by atoms with Crippen molar-refractivity contribution in [3.63, 3.8) is 0 Å². The number of aryl methyl sites for hydroxylation is 1. The smallest absolute Gasteiger partial charge is 0.270 e. The predicted octanol–water partition coefficient (Wildman–Crippen LogP) is 3.76. The molecule has 1 unspecified atom stereocenters. The van der Waals surface area contributed by atoms with Crippen LogP contribution < -0.4 is 5.73 Å². The number of methoxy groups -OCH3 is 1. The van der Waals surface area contributed by atoms with E-state index in [-0.39, 0.29) is 18.5 Å². The molecular formula is C16H19ClN4O2S. The Kier molecular flexibility index (Phi) is 6.06. The molecule has 24 heavy (non-hydrogen) atoms. The molecule has 0 radical (unpaired) electrons. The second kappa shape index (κ2) is 7.85. The fourth-order valence-electron chi connectivity index (χ4n) is 2.11. The molecular weight excluding hydrogens is 348 g/mol. The monoisotopic (exact) mass is 366 g/mol. The highest BCUT2D eigenvalue weighted by Crippen LogP contribution is 2.33. The van der Waals surface area contributed by atoms with E-state index in [1.807, 2.05) is 38.1 Å². The third-order valence-corrected chi connectivity index (χ3v) is 4.89. The molecule has 3 aromatic rings. The van der Waals surface area contributed by atoms with Gasteiger partial charge in [0.05, 0.1) is 5.69 Å². The summed E-state index contributed by atoms with van der Waals surface area (Å²) in [6, 6.07) is 7.80. The SMILES string of the molecule is COC(C)c1nc(C)c(-c2nc(-c3ccc(CN)cc3)no2)s1.Cl. The lowest BCUT2D eigenvalue weighted by Gasteiger charge is -2.02. The van der Waals surface area contributed by atoms with Gasteiger partial charge in [0.2, 0.25) is 5.82 Å². The van der Waals surface area contributed by atoms with Crippen molar-refractivity contribution in [1.82, 2.24) is 15.1 Å². The van der Waals surface area contributed by atoms with E-state index in [9.17, 15) is 0 Å². The van der Waals surface area contributed by atoms with Gasteiger partial charge in [-0.2, -0.15) is 4.98 Å². The molecule has 128 valence electrons. The minimum absolute atomic E-state index is 0. The summed E-state index contributed by atoms with van der Waals surface area (Å²) < 4.78 is 10.7. The number of nitrogens with two attached hydrogens (primary N) is 1. The second-order valence-electron chi connectivity index (χ2n) is 5.17. The van der Waals surface area contributed by atoms with E-state index in [1.165, 1.54) is 11.3 Å². The molecule has 0 bridgehead atoms. The van der Waals surface area contributed by atoms with Crippen molar-refractivity contribution in [2.75, 3.05) is 7.11 Å². The highest BCUT2D eigenvalue weighted by atomic mass is 35.5. The number of ether oxygens (including phenoxy) is 1. The molecule has 0 aliphatic carbocycles. The van der Waals surface area contributed by atoms with Crippen molar-refractivity contribution < 1.29 is 9.26 Å². The van der Waals surface area contributed by atoms with Gasteiger partial charge in [0.1, 0.15) is 16.0 Å². The lowest BCUT2D eigenvalue weighted by Crippen LogP contribution is -1.95. The van der Waals surface area contributed by atoms with Crippen molar-refractivity contribution in [1.29, 1.82) is 0 Å². The van der Waals surface area contributed by atoms with Crippen LogP contribution in [0.4, 0.5) is 0 Å². The minimum atomic E-state index is -0.0568. The van der Waals surface area contributed by atoms with Crippen LogP contribution in [0.25, 0.3) is 22.2 Å². The maximum absolute atomic E-state index is 5.61. The van der Waals surface area contributed by atoms with E-state index in [0.29, 0.717) is 18.3 Å². The Morgan fingerprint density at radius 3 is 2.58 bits per heavy atom. The summed E-state index contributed by atoms with van der Waals surface area (Å²) in [7, 11) is 1.66. The molecule has 0 saturated heterocycles.